The van der Waals surface area contributed by atoms with Crippen LogP contribution in [-0.2, 0) is 14.4 Å². The lowest BCUT2D eigenvalue weighted by Crippen LogP contribution is -2.46. The lowest BCUT2D eigenvalue weighted by atomic mass is 10.3. The highest BCUT2D eigenvalue weighted by Gasteiger charge is 2.34. The van der Waals surface area contributed by atoms with Crippen molar-refractivity contribution in [2.75, 3.05) is 5.75 Å². The Kier molecular flexibility index (Phi) is 2.72. The van der Waals surface area contributed by atoms with E-state index in [0.717, 1.165) is 12.2 Å². The Hall–Kier alpha value is -1.30. The van der Waals surface area contributed by atoms with E-state index in [-0.39, 0.29) is 5.75 Å². The first kappa shape index (κ1) is 9.79. The van der Waals surface area contributed by atoms with Crippen molar-refractivity contribution in [3.05, 3.63) is 12.2 Å². The standard InChI is InChI=1S/C7H7NO4S/c9-5-1-2-6(10)8(5)4(3-13)7(11)12/h1-2,4,13H,3H2,(H,11,12)/t4-/m0/s1. The molecule has 0 spiro atoms. The minimum atomic E-state index is -1.24. The third-order valence-corrected chi connectivity index (χ3v) is 1.96. The van der Waals surface area contributed by atoms with Crippen LogP contribution in [0.4, 0.5) is 0 Å². The van der Waals surface area contributed by atoms with Gasteiger partial charge in [-0.1, -0.05) is 0 Å². The Morgan fingerprint density at radius 3 is 2.23 bits per heavy atom. The summed E-state index contributed by atoms with van der Waals surface area (Å²) >= 11 is 3.76. The van der Waals surface area contributed by atoms with Crippen LogP contribution in [0.15, 0.2) is 12.2 Å². The van der Waals surface area contributed by atoms with Gasteiger partial charge in [0.25, 0.3) is 11.8 Å². The quantitative estimate of drug-likeness (QED) is 0.467. The molecule has 1 aliphatic rings. The van der Waals surface area contributed by atoms with Crippen LogP contribution in [0.3, 0.4) is 0 Å². The van der Waals surface area contributed by atoms with Crippen LogP contribution in [0.5, 0.6) is 0 Å². The van der Waals surface area contributed by atoms with Crippen molar-refractivity contribution < 1.29 is 19.5 Å². The molecule has 2 amide bonds. The van der Waals surface area contributed by atoms with Crippen LogP contribution in [-0.4, -0.2) is 39.6 Å². The summed E-state index contributed by atoms with van der Waals surface area (Å²) in [6.45, 7) is 0. The smallest absolute Gasteiger partial charge is 0.327 e. The molecule has 6 heteroatoms. The molecular formula is C7H7NO4S. The van der Waals surface area contributed by atoms with Crippen molar-refractivity contribution in [3.8, 4) is 0 Å². The Balaban J connectivity index is 2.87. The van der Waals surface area contributed by atoms with Crippen LogP contribution in [0.25, 0.3) is 0 Å². The van der Waals surface area contributed by atoms with Crippen LogP contribution in [0.2, 0.25) is 0 Å². The molecule has 1 rings (SSSR count). The molecule has 1 aliphatic heterocycles. The molecule has 0 aromatic heterocycles. The van der Waals surface area contributed by atoms with Gasteiger partial charge in [-0.15, -0.1) is 0 Å². The van der Waals surface area contributed by atoms with Crippen molar-refractivity contribution in [3.63, 3.8) is 0 Å². The van der Waals surface area contributed by atoms with Crippen molar-refractivity contribution >= 4 is 30.4 Å². The maximum atomic E-state index is 11.0. The number of nitrogens with zero attached hydrogens (tertiary/aromatic N) is 1. The number of rotatable bonds is 3. The fourth-order valence-electron chi connectivity index (χ4n) is 0.989. The number of carbonyl (C=O) groups excluding carboxylic acids is 2. The number of amides is 2. The maximum Gasteiger partial charge on any atom is 0.327 e. The lowest BCUT2D eigenvalue weighted by molar-refractivity contribution is -0.152. The number of carboxylic acids is 1. The maximum absolute atomic E-state index is 11.0. The zero-order valence-corrected chi connectivity index (χ0v) is 7.40. The topological polar surface area (TPSA) is 74.7 Å². The molecule has 1 N–H and O–H groups in total. The van der Waals surface area contributed by atoms with E-state index in [1.54, 1.807) is 0 Å². The molecule has 0 saturated heterocycles. The average Bonchev–Trinajstić information content (AvgIpc) is 2.36. The number of thiol groups is 1. The van der Waals surface area contributed by atoms with Gasteiger partial charge in [0.2, 0.25) is 0 Å². The van der Waals surface area contributed by atoms with E-state index in [1.165, 1.54) is 0 Å². The molecule has 70 valence electrons. The highest BCUT2D eigenvalue weighted by atomic mass is 32.1. The molecule has 1 atom stereocenters. The van der Waals surface area contributed by atoms with Gasteiger partial charge in [-0.2, -0.15) is 12.6 Å². The zero-order chi connectivity index (χ0) is 10.0. The van der Waals surface area contributed by atoms with Gasteiger partial charge in [0.1, 0.15) is 6.04 Å². The molecular weight excluding hydrogens is 194 g/mol. The van der Waals surface area contributed by atoms with Gasteiger partial charge in [-0.05, 0) is 0 Å². The van der Waals surface area contributed by atoms with Gasteiger partial charge < -0.3 is 5.11 Å². The molecule has 0 saturated carbocycles. The SMILES string of the molecule is O=C(O)[C@H](CS)N1C(=O)C=CC1=O. The summed E-state index contributed by atoms with van der Waals surface area (Å²) in [7, 11) is 0. The Labute approximate surface area is 79.4 Å². The minimum absolute atomic E-state index is 0.0888. The van der Waals surface area contributed by atoms with E-state index < -0.39 is 23.8 Å². The number of hydrogen-bond donors (Lipinski definition) is 2. The van der Waals surface area contributed by atoms with E-state index in [4.69, 9.17) is 5.11 Å². The molecule has 13 heavy (non-hydrogen) atoms. The highest BCUT2D eigenvalue weighted by molar-refractivity contribution is 7.80. The van der Waals surface area contributed by atoms with Crippen LogP contribution in [0.1, 0.15) is 0 Å². The second-order valence-corrected chi connectivity index (χ2v) is 2.78. The normalized spacial score (nSPS) is 18.1. The summed E-state index contributed by atoms with van der Waals surface area (Å²) in [5.74, 6) is -2.53. The van der Waals surface area contributed by atoms with Gasteiger partial charge in [0.15, 0.2) is 0 Å². The minimum Gasteiger partial charge on any atom is -0.480 e. The summed E-state index contributed by atoms with van der Waals surface area (Å²) < 4.78 is 0. The molecule has 0 unspecified atom stereocenters. The first-order valence-corrected chi connectivity index (χ1v) is 4.10. The monoisotopic (exact) mass is 201 g/mol. The summed E-state index contributed by atoms with van der Waals surface area (Å²) in [6.07, 6.45) is 2.09. The third kappa shape index (κ3) is 1.72. The molecule has 0 aromatic carbocycles. The van der Waals surface area contributed by atoms with E-state index in [1.807, 2.05) is 0 Å². The lowest BCUT2D eigenvalue weighted by Gasteiger charge is -2.20. The van der Waals surface area contributed by atoms with E-state index in [9.17, 15) is 14.4 Å². The Morgan fingerprint density at radius 2 is 1.92 bits per heavy atom. The fourth-order valence-corrected chi connectivity index (χ4v) is 1.31. The number of aliphatic carboxylic acids is 1. The molecule has 0 radical (unpaired) electrons. The van der Waals surface area contributed by atoms with Crippen molar-refractivity contribution in [2.45, 2.75) is 6.04 Å². The summed E-state index contributed by atoms with van der Waals surface area (Å²) in [6, 6.07) is -1.18. The van der Waals surface area contributed by atoms with E-state index in [0.29, 0.717) is 4.90 Å². The zero-order valence-electron chi connectivity index (χ0n) is 6.51. The predicted octanol–water partition coefficient (Wildman–Crippen LogP) is -0.706. The molecule has 5 nitrogen and oxygen atoms in total. The molecule has 1 heterocycles. The van der Waals surface area contributed by atoms with Crippen molar-refractivity contribution in [2.24, 2.45) is 0 Å². The first-order chi connectivity index (χ1) is 6.07. The second-order valence-electron chi connectivity index (χ2n) is 2.42. The molecule has 0 aromatic rings. The highest BCUT2D eigenvalue weighted by Crippen LogP contribution is 2.10. The van der Waals surface area contributed by atoms with Crippen LogP contribution in [0, 0.1) is 0 Å². The van der Waals surface area contributed by atoms with E-state index in [2.05, 4.69) is 12.6 Å². The first-order valence-electron chi connectivity index (χ1n) is 3.47. The predicted molar refractivity (Wildman–Crippen MR) is 46.3 cm³/mol. The second kappa shape index (κ2) is 3.61. The van der Waals surface area contributed by atoms with Crippen molar-refractivity contribution in [1.29, 1.82) is 0 Å². The van der Waals surface area contributed by atoms with Crippen LogP contribution < -0.4 is 0 Å². The molecule has 0 aliphatic carbocycles. The number of imide groups is 1. The van der Waals surface area contributed by atoms with Gasteiger partial charge >= 0.3 is 5.97 Å². The number of hydrogen-bond acceptors (Lipinski definition) is 4. The largest absolute Gasteiger partial charge is 0.480 e. The van der Waals surface area contributed by atoms with Crippen LogP contribution >= 0.6 is 12.6 Å². The summed E-state index contributed by atoms with van der Waals surface area (Å²) in [5.41, 5.74) is 0. The average molecular weight is 201 g/mol. The van der Waals surface area contributed by atoms with Gasteiger partial charge in [0, 0.05) is 17.9 Å². The Morgan fingerprint density at radius 1 is 1.46 bits per heavy atom. The van der Waals surface area contributed by atoms with Gasteiger partial charge in [-0.25, -0.2) is 4.79 Å². The summed E-state index contributed by atoms with van der Waals surface area (Å²) in [4.78, 5) is 33.3. The van der Waals surface area contributed by atoms with Gasteiger partial charge in [-0.3, -0.25) is 14.5 Å². The summed E-state index contributed by atoms with van der Waals surface area (Å²) in [5, 5.41) is 8.65. The Bertz CT molecular complexity index is 281. The number of carboxylic acid groups (broad SMARTS) is 1. The molecule has 0 fully saturated rings. The van der Waals surface area contributed by atoms with Crippen molar-refractivity contribution in [1.82, 2.24) is 4.90 Å². The van der Waals surface area contributed by atoms with Gasteiger partial charge in [0.05, 0.1) is 0 Å². The fraction of sp³-hybridized carbons (Fsp3) is 0.286. The van der Waals surface area contributed by atoms with E-state index >= 15 is 0 Å². The third-order valence-electron chi connectivity index (χ3n) is 1.61. The molecule has 0 bridgehead atoms. The number of carbonyl (C=O) groups is 3.